The summed E-state index contributed by atoms with van der Waals surface area (Å²) < 4.78 is 0. The highest BCUT2D eigenvalue weighted by Crippen LogP contribution is 2.49. The highest BCUT2D eigenvalue weighted by Gasteiger charge is 2.46. The fraction of sp³-hybridized carbons (Fsp3) is 0.917. The van der Waals surface area contributed by atoms with Gasteiger partial charge in [-0.1, -0.05) is 0 Å². The second-order valence-corrected chi connectivity index (χ2v) is 5.71. The molecule has 0 spiro atoms. The smallest absolute Gasteiger partial charge is 0.0628 e. The van der Waals surface area contributed by atoms with Crippen LogP contribution in [0.5, 0.6) is 0 Å². The molecule has 3 aliphatic rings. The Kier molecular flexibility index (Phi) is 2.22. The second-order valence-electron chi connectivity index (χ2n) is 5.71. The lowest BCUT2D eigenvalue weighted by Gasteiger charge is -2.22. The van der Waals surface area contributed by atoms with E-state index in [1.165, 1.54) is 45.6 Å². The summed E-state index contributed by atoms with van der Waals surface area (Å²) in [5.74, 6) is 1.78. The van der Waals surface area contributed by atoms with E-state index < -0.39 is 0 Å². The highest BCUT2D eigenvalue weighted by molar-refractivity contribution is 5.03. The van der Waals surface area contributed by atoms with Crippen molar-refractivity contribution in [3.05, 3.63) is 0 Å². The van der Waals surface area contributed by atoms with Crippen LogP contribution in [-0.4, -0.2) is 37.6 Å². The van der Waals surface area contributed by atoms with Crippen LogP contribution in [0.2, 0.25) is 0 Å². The summed E-state index contributed by atoms with van der Waals surface area (Å²) in [7, 11) is 0. The Bertz CT molecular complexity index is 278. The van der Waals surface area contributed by atoms with Gasteiger partial charge in [0.2, 0.25) is 0 Å². The average Bonchev–Trinajstić information content (AvgIpc) is 2.65. The van der Waals surface area contributed by atoms with Crippen LogP contribution >= 0.6 is 0 Å². The van der Waals surface area contributed by atoms with Crippen LogP contribution in [0.15, 0.2) is 0 Å². The number of nitrogens with zero attached hydrogens (tertiary/aromatic N) is 2. The number of nitriles is 1. The van der Waals surface area contributed by atoms with Crippen molar-refractivity contribution in [3.8, 4) is 6.07 Å². The Hall–Kier alpha value is -0.590. The first kappa shape index (κ1) is 9.62. The molecule has 3 rings (SSSR count). The van der Waals surface area contributed by atoms with E-state index in [2.05, 4.69) is 16.3 Å². The van der Waals surface area contributed by atoms with Gasteiger partial charge in [0.1, 0.15) is 0 Å². The number of likely N-dealkylation sites (tertiary alicyclic amines) is 1. The summed E-state index contributed by atoms with van der Waals surface area (Å²) in [6, 6.07) is 2.36. The van der Waals surface area contributed by atoms with Crippen molar-refractivity contribution in [3.63, 3.8) is 0 Å². The molecule has 2 atom stereocenters. The van der Waals surface area contributed by atoms with Gasteiger partial charge < -0.3 is 10.2 Å². The molecule has 2 saturated heterocycles. The Morgan fingerprint density at radius 1 is 1.27 bits per heavy atom. The molecule has 0 aromatic rings. The van der Waals surface area contributed by atoms with E-state index in [9.17, 15) is 0 Å². The molecule has 0 aromatic heterocycles. The number of fused-ring (bicyclic) bond motifs is 1. The standard InChI is InChI=1S/C12H19N3/c13-4-3-12(1-2-12)9-15-7-10-5-14-6-11(10)8-15/h10-11,14H,1-3,5-9H2. The van der Waals surface area contributed by atoms with Gasteiger partial charge in [-0.3, -0.25) is 0 Å². The third-order valence-electron chi connectivity index (χ3n) is 4.44. The zero-order valence-electron chi connectivity index (χ0n) is 9.21. The number of rotatable bonds is 3. The van der Waals surface area contributed by atoms with Crippen molar-refractivity contribution in [2.75, 3.05) is 32.7 Å². The van der Waals surface area contributed by atoms with Crippen LogP contribution in [0.1, 0.15) is 19.3 Å². The summed E-state index contributed by atoms with van der Waals surface area (Å²) in [6.07, 6.45) is 3.34. The molecule has 3 nitrogen and oxygen atoms in total. The van der Waals surface area contributed by atoms with Crippen LogP contribution < -0.4 is 5.32 Å². The van der Waals surface area contributed by atoms with Gasteiger partial charge in [0.05, 0.1) is 6.07 Å². The van der Waals surface area contributed by atoms with E-state index in [0.717, 1.165) is 18.3 Å². The Labute approximate surface area is 91.4 Å². The molecule has 2 aliphatic heterocycles. The molecule has 1 saturated carbocycles. The molecule has 2 heterocycles. The molecule has 3 fully saturated rings. The molecule has 2 unspecified atom stereocenters. The normalized spacial score (nSPS) is 37.5. The van der Waals surface area contributed by atoms with E-state index in [4.69, 9.17) is 5.26 Å². The van der Waals surface area contributed by atoms with Gasteiger partial charge in [-0.15, -0.1) is 0 Å². The SMILES string of the molecule is N#CCC1(CN2CC3CNCC3C2)CC1. The van der Waals surface area contributed by atoms with Crippen molar-refractivity contribution in [2.24, 2.45) is 17.3 Å². The van der Waals surface area contributed by atoms with Gasteiger partial charge >= 0.3 is 0 Å². The average molecular weight is 205 g/mol. The van der Waals surface area contributed by atoms with Gasteiger partial charge in [-0.2, -0.15) is 5.26 Å². The first-order chi connectivity index (χ1) is 7.31. The topological polar surface area (TPSA) is 39.1 Å². The molecule has 1 N–H and O–H groups in total. The molecule has 0 amide bonds. The Balaban J connectivity index is 1.55. The minimum atomic E-state index is 0.404. The summed E-state index contributed by atoms with van der Waals surface area (Å²) in [5, 5.41) is 12.3. The third kappa shape index (κ3) is 1.77. The van der Waals surface area contributed by atoms with E-state index in [1.807, 2.05) is 0 Å². The monoisotopic (exact) mass is 205 g/mol. The van der Waals surface area contributed by atoms with Crippen LogP contribution in [-0.2, 0) is 0 Å². The van der Waals surface area contributed by atoms with E-state index in [1.54, 1.807) is 0 Å². The molecule has 0 bridgehead atoms. The van der Waals surface area contributed by atoms with Crippen LogP contribution in [0, 0.1) is 28.6 Å². The lowest BCUT2D eigenvalue weighted by Crippen LogP contribution is -2.31. The molecular formula is C12H19N3. The van der Waals surface area contributed by atoms with Gasteiger partial charge in [0, 0.05) is 26.1 Å². The zero-order chi connectivity index (χ0) is 10.3. The van der Waals surface area contributed by atoms with Crippen molar-refractivity contribution < 1.29 is 0 Å². The van der Waals surface area contributed by atoms with Crippen LogP contribution in [0.25, 0.3) is 0 Å². The molecule has 3 heteroatoms. The minimum Gasteiger partial charge on any atom is -0.316 e. The fourth-order valence-corrected chi connectivity index (χ4v) is 3.29. The highest BCUT2D eigenvalue weighted by atomic mass is 15.2. The molecular weight excluding hydrogens is 186 g/mol. The summed E-state index contributed by atoms with van der Waals surface area (Å²) in [5.41, 5.74) is 0.404. The predicted octanol–water partition coefficient (Wildman–Crippen LogP) is 0.831. The number of hydrogen-bond donors (Lipinski definition) is 1. The lowest BCUT2D eigenvalue weighted by atomic mass is 10.0. The molecule has 82 valence electrons. The molecule has 0 radical (unpaired) electrons. The van der Waals surface area contributed by atoms with Crippen LogP contribution in [0.3, 0.4) is 0 Å². The van der Waals surface area contributed by atoms with Gasteiger partial charge in [0.15, 0.2) is 0 Å². The van der Waals surface area contributed by atoms with Crippen molar-refractivity contribution >= 4 is 0 Å². The van der Waals surface area contributed by atoms with E-state index in [-0.39, 0.29) is 0 Å². The fourth-order valence-electron chi connectivity index (χ4n) is 3.29. The summed E-state index contributed by atoms with van der Waals surface area (Å²) in [4.78, 5) is 2.61. The van der Waals surface area contributed by atoms with Gasteiger partial charge in [0.25, 0.3) is 0 Å². The third-order valence-corrected chi connectivity index (χ3v) is 4.44. The van der Waals surface area contributed by atoms with Gasteiger partial charge in [-0.05, 0) is 43.2 Å². The predicted molar refractivity (Wildman–Crippen MR) is 58.2 cm³/mol. The Morgan fingerprint density at radius 2 is 1.93 bits per heavy atom. The van der Waals surface area contributed by atoms with E-state index >= 15 is 0 Å². The lowest BCUT2D eigenvalue weighted by molar-refractivity contribution is 0.250. The van der Waals surface area contributed by atoms with Crippen molar-refractivity contribution in [1.82, 2.24) is 10.2 Å². The van der Waals surface area contributed by atoms with Crippen LogP contribution in [0.4, 0.5) is 0 Å². The molecule has 1 aliphatic carbocycles. The summed E-state index contributed by atoms with van der Waals surface area (Å²) >= 11 is 0. The van der Waals surface area contributed by atoms with Gasteiger partial charge in [-0.25, -0.2) is 0 Å². The first-order valence-electron chi connectivity index (χ1n) is 6.11. The minimum absolute atomic E-state index is 0.404. The second kappa shape index (κ2) is 3.47. The quantitative estimate of drug-likeness (QED) is 0.742. The molecule has 15 heavy (non-hydrogen) atoms. The largest absolute Gasteiger partial charge is 0.316 e. The summed E-state index contributed by atoms with van der Waals surface area (Å²) in [6.45, 7) is 6.15. The zero-order valence-corrected chi connectivity index (χ0v) is 9.21. The number of nitrogens with one attached hydrogen (secondary N) is 1. The van der Waals surface area contributed by atoms with E-state index in [0.29, 0.717) is 5.41 Å². The maximum atomic E-state index is 8.80. The Morgan fingerprint density at radius 3 is 2.47 bits per heavy atom. The first-order valence-corrected chi connectivity index (χ1v) is 6.11. The van der Waals surface area contributed by atoms with Crippen molar-refractivity contribution in [1.29, 1.82) is 5.26 Å². The number of hydrogen-bond acceptors (Lipinski definition) is 3. The maximum Gasteiger partial charge on any atom is 0.0628 e. The maximum absolute atomic E-state index is 8.80. The van der Waals surface area contributed by atoms with Crippen molar-refractivity contribution in [2.45, 2.75) is 19.3 Å². The molecule has 0 aromatic carbocycles.